The third-order valence-corrected chi connectivity index (χ3v) is 3.65. The van der Waals surface area contributed by atoms with Gasteiger partial charge in [-0.3, -0.25) is 4.79 Å². The minimum Gasteiger partial charge on any atom is -0.332 e. The SMILES string of the molecule is CCN1Cc2nc(I)sc2C1=O. The molecule has 0 aliphatic carbocycles. The van der Waals surface area contributed by atoms with Crippen LogP contribution in [0.15, 0.2) is 0 Å². The van der Waals surface area contributed by atoms with Crippen LogP contribution in [0.1, 0.15) is 22.3 Å². The molecule has 12 heavy (non-hydrogen) atoms. The number of fused-ring (bicyclic) bond motifs is 1. The van der Waals surface area contributed by atoms with E-state index < -0.39 is 0 Å². The van der Waals surface area contributed by atoms with Crippen molar-refractivity contribution >= 4 is 39.8 Å². The fourth-order valence-corrected chi connectivity index (χ4v) is 2.97. The lowest BCUT2D eigenvalue weighted by atomic mass is 10.4. The molecule has 2 rings (SSSR count). The van der Waals surface area contributed by atoms with Crippen LogP contribution in [-0.4, -0.2) is 22.3 Å². The van der Waals surface area contributed by atoms with Crippen molar-refractivity contribution in [2.75, 3.05) is 6.54 Å². The van der Waals surface area contributed by atoms with E-state index in [4.69, 9.17) is 0 Å². The maximum atomic E-state index is 11.5. The zero-order valence-electron chi connectivity index (χ0n) is 6.50. The predicted molar refractivity (Wildman–Crippen MR) is 55.2 cm³/mol. The number of carbonyl (C=O) groups is 1. The number of carbonyl (C=O) groups excluding carboxylic acids is 1. The second-order valence-electron chi connectivity index (χ2n) is 2.56. The second-order valence-corrected chi connectivity index (χ2v) is 5.31. The second kappa shape index (κ2) is 2.95. The van der Waals surface area contributed by atoms with Crippen molar-refractivity contribution in [3.05, 3.63) is 13.6 Å². The molecule has 1 amide bonds. The number of halogens is 1. The normalized spacial score (nSPS) is 15.5. The average Bonchev–Trinajstić information content (AvgIpc) is 2.51. The fraction of sp³-hybridized carbons (Fsp3) is 0.429. The summed E-state index contributed by atoms with van der Waals surface area (Å²) in [5.74, 6) is 0.146. The molecule has 0 radical (unpaired) electrons. The lowest BCUT2D eigenvalue weighted by Crippen LogP contribution is -2.23. The van der Waals surface area contributed by atoms with E-state index in [1.54, 1.807) is 0 Å². The Morgan fingerprint density at radius 2 is 2.50 bits per heavy atom. The van der Waals surface area contributed by atoms with Gasteiger partial charge < -0.3 is 4.90 Å². The summed E-state index contributed by atoms with van der Waals surface area (Å²) >= 11 is 3.64. The monoisotopic (exact) mass is 294 g/mol. The first kappa shape index (κ1) is 8.43. The number of thiazole rings is 1. The van der Waals surface area contributed by atoms with Gasteiger partial charge >= 0.3 is 0 Å². The molecule has 1 aromatic rings. The van der Waals surface area contributed by atoms with Gasteiger partial charge in [0.05, 0.1) is 12.2 Å². The predicted octanol–water partition coefficient (Wildman–Crippen LogP) is 1.72. The van der Waals surface area contributed by atoms with Crippen LogP contribution < -0.4 is 0 Å². The Balaban J connectivity index is 2.39. The van der Waals surface area contributed by atoms with E-state index in [2.05, 4.69) is 27.6 Å². The molecular formula is C7H7IN2OS. The standard InChI is InChI=1S/C7H7IN2OS/c1-2-10-3-4-5(6(10)11)12-7(8)9-4/h2-3H2,1H3. The van der Waals surface area contributed by atoms with Crippen molar-refractivity contribution in [1.82, 2.24) is 9.88 Å². The summed E-state index contributed by atoms with van der Waals surface area (Å²) in [5, 5.41) is 0. The summed E-state index contributed by atoms with van der Waals surface area (Å²) in [5.41, 5.74) is 0.955. The van der Waals surface area contributed by atoms with Gasteiger partial charge in [-0.2, -0.15) is 0 Å². The lowest BCUT2D eigenvalue weighted by molar-refractivity contribution is 0.0790. The Labute approximate surface area is 87.9 Å². The molecule has 0 unspecified atom stereocenters. The Morgan fingerprint density at radius 3 is 3.08 bits per heavy atom. The minimum absolute atomic E-state index is 0.146. The van der Waals surface area contributed by atoms with Gasteiger partial charge in [-0.15, -0.1) is 11.3 Å². The molecule has 0 bridgehead atoms. The Kier molecular flexibility index (Phi) is 2.07. The molecule has 1 aliphatic heterocycles. The molecule has 0 atom stereocenters. The molecule has 0 spiro atoms. The van der Waals surface area contributed by atoms with Crippen LogP contribution in [0.4, 0.5) is 0 Å². The molecule has 0 saturated carbocycles. The molecule has 1 aliphatic rings. The van der Waals surface area contributed by atoms with Crippen LogP contribution >= 0.6 is 33.9 Å². The fourth-order valence-electron chi connectivity index (χ4n) is 1.25. The lowest BCUT2D eigenvalue weighted by Gasteiger charge is -2.10. The van der Waals surface area contributed by atoms with Crippen molar-refractivity contribution in [2.24, 2.45) is 0 Å². The molecular weight excluding hydrogens is 287 g/mol. The number of nitrogens with zero attached hydrogens (tertiary/aromatic N) is 2. The zero-order chi connectivity index (χ0) is 8.72. The topological polar surface area (TPSA) is 33.2 Å². The van der Waals surface area contributed by atoms with Crippen LogP contribution in [0.25, 0.3) is 0 Å². The third-order valence-electron chi connectivity index (χ3n) is 1.88. The number of hydrogen-bond acceptors (Lipinski definition) is 3. The van der Waals surface area contributed by atoms with Crippen molar-refractivity contribution < 1.29 is 4.79 Å². The number of hydrogen-bond donors (Lipinski definition) is 0. The molecule has 2 heterocycles. The van der Waals surface area contributed by atoms with Crippen molar-refractivity contribution in [1.29, 1.82) is 0 Å². The largest absolute Gasteiger partial charge is 0.332 e. The van der Waals surface area contributed by atoms with Crippen LogP contribution in [-0.2, 0) is 6.54 Å². The summed E-state index contributed by atoms with van der Waals surface area (Å²) in [6.45, 7) is 3.46. The summed E-state index contributed by atoms with van der Waals surface area (Å²) in [6, 6.07) is 0. The highest BCUT2D eigenvalue weighted by molar-refractivity contribution is 14.1. The summed E-state index contributed by atoms with van der Waals surface area (Å²) in [6.07, 6.45) is 0. The number of aromatic nitrogens is 1. The Hall–Kier alpha value is -0.170. The van der Waals surface area contributed by atoms with E-state index in [0.717, 1.165) is 20.1 Å². The van der Waals surface area contributed by atoms with Gasteiger partial charge in [-0.1, -0.05) is 0 Å². The van der Waals surface area contributed by atoms with E-state index in [9.17, 15) is 4.79 Å². The van der Waals surface area contributed by atoms with Crippen LogP contribution in [0, 0.1) is 3.01 Å². The quantitative estimate of drug-likeness (QED) is 0.739. The van der Waals surface area contributed by atoms with Crippen molar-refractivity contribution in [3.63, 3.8) is 0 Å². The van der Waals surface area contributed by atoms with Gasteiger partial charge in [0.25, 0.3) is 5.91 Å². The van der Waals surface area contributed by atoms with Crippen molar-refractivity contribution in [3.8, 4) is 0 Å². The summed E-state index contributed by atoms with van der Waals surface area (Å²) in [7, 11) is 0. The van der Waals surface area contributed by atoms with Crippen LogP contribution in [0.2, 0.25) is 0 Å². The Bertz CT molecular complexity index is 336. The highest BCUT2D eigenvalue weighted by Gasteiger charge is 2.29. The summed E-state index contributed by atoms with van der Waals surface area (Å²) < 4.78 is 0.960. The van der Waals surface area contributed by atoms with Crippen molar-refractivity contribution in [2.45, 2.75) is 13.5 Å². The average molecular weight is 294 g/mol. The first-order valence-corrected chi connectivity index (χ1v) is 5.56. The third kappa shape index (κ3) is 1.15. The minimum atomic E-state index is 0.146. The van der Waals surface area contributed by atoms with Crippen LogP contribution in [0.5, 0.6) is 0 Å². The van der Waals surface area contributed by atoms with E-state index in [0.29, 0.717) is 6.54 Å². The molecule has 64 valence electrons. The molecule has 0 saturated heterocycles. The molecule has 1 aromatic heterocycles. The van der Waals surface area contributed by atoms with Gasteiger partial charge in [0.2, 0.25) is 0 Å². The van der Waals surface area contributed by atoms with E-state index in [1.807, 2.05) is 11.8 Å². The van der Waals surface area contributed by atoms with Gasteiger partial charge in [-0.25, -0.2) is 4.98 Å². The molecule has 3 nitrogen and oxygen atoms in total. The first-order valence-electron chi connectivity index (χ1n) is 3.67. The molecule has 0 N–H and O–H groups in total. The molecule has 0 fully saturated rings. The highest BCUT2D eigenvalue weighted by Crippen LogP contribution is 2.28. The maximum Gasteiger partial charge on any atom is 0.266 e. The molecule has 0 aromatic carbocycles. The van der Waals surface area contributed by atoms with Gasteiger partial charge in [-0.05, 0) is 29.5 Å². The smallest absolute Gasteiger partial charge is 0.266 e. The summed E-state index contributed by atoms with van der Waals surface area (Å²) in [4.78, 5) is 18.5. The first-order chi connectivity index (χ1) is 5.72. The maximum absolute atomic E-state index is 11.5. The van der Waals surface area contributed by atoms with Gasteiger partial charge in [0.15, 0.2) is 3.01 Å². The van der Waals surface area contributed by atoms with Gasteiger partial charge in [0.1, 0.15) is 4.88 Å². The highest BCUT2D eigenvalue weighted by atomic mass is 127. The van der Waals surface area contributed by atoms with Crippen LogP contribution in [0.3, 0.4) is 0 Å². The molecule has 5 heteroatoms. The Morgan fingerprint density at radius 1 is 1.75 bits per heavy atom. The van der Waals surface area contributed by atoms with E-state index in [1.165, 1.54) is 11.3 Å². The van der Waals surface area contributed by atoms with E-state index in [-0.39, 0.29) is 5.91 Å². The number of rotatable bonds is 1. The van der Waals surface area contributed by atoms with Gasteiger partial charge in [0, 0.05) is 6.54 Å². The zero-order valence-corrected chi connectivity index (χ0v) is 9.48. The number of amides is 1. The van der Waals surface area contributed by atoms with E-state index >= 15 is 0 Å².